The topological polar surface area (TPSA) is 206 Å². The zero-order valence-corrected chi connectivity index (χ0v) is 30.8. The molecule has 274 valence electrons. The van der Waals surface area contributed by atoms with Crippen LogP contribution in [0.25, 0.3) is 0 Å². The van der Waals surface area contributed by atoms with Gasteiger partial charge in [0.05, 0.1) is 5.75 Å². The van der Waals surface area contributed by atoms with E-state index in [1.54, 1.807) is 44.7 Å². The smallest absolute Gasteiger partial charge is 0.408 e. The molecule has 0 bridgehead atoms. The average molecular weight is 760 g/mol. The van der Waals surface area contributed by atoms with Crippen molar-refractivity contribution in [2.24, 2.45) is 5.73 Å². The number of carboxylic acids is 1. The van der Waals surface area contributed by atoms with Gasteiger partial charge in [-0.05, 0) is 49.6 Å². The zero-order chi connectivity index (χ0) is 37.1. The van der Waals surface area contributed by atoms with Crippen LogP contribution < -0.4 is 21.7 Å². The molecule has 2 aliphatic rings. The number of carboxylic acid groups (broad SMARTS) is 1. The van der Waals surface area contributed by atoms with E-state index in [4.69, 9.17) is 20.3 Å². The highest BCUT2D eigenvalue weighted by atomic mass is 32.2. The second kappa shape index (κ2) is 18.3. The zero-order valence-electron chi connectivity index (χ0n) is 28.3. The first kappa shape index (κ1) is 39.6. The predicted molar refractivity (Wildman–Crippen MR) is 197 cm³/mol. The summed E-state index contributed by atoms with van der Waals surface area (Å²) in [5, 5.41) is 16.1. The Kier molecular flexibility index (Phi) is 14.2. The van der Waals surface area contributed by atoms with Gasteiger partial charge in [0.1, 0.15) is 41.9 Å². The summed E-state index contributed by atoms with van der Waals surface area (Å²) >= 11 is 4.11. The molecule has 2 aromatic carbocycles. The van der Waals surface area contributed by atoms with Gasteiger partial charge in [-0.25, -0.2) is 9.59 Å². The summed E-state index contributed by atoms with van der Waals surface area (Å²) < 4.78 is 10.8. The number of aliphatic carboxylic acids is 1. The number of alkyl carbamates (subject to hydrolysis) is 1. The van der Waals surface area contributed by atoms with Crippen LogP contribution in [0.1, 0.15) is 31.9 Å². The monoisotopic (exact) mass is 759 g/mol. The van der Waals surface area contributed by atoms with Crippen LogP contribution in [0.15, 0.2) is 65.9 Å². The summed E-state index contributed by atoms with van der Waals surface area (Å²) in [4.78, 5) is 75.9. The molecule has 4 rings (SSSR count). The normalized spacial score (nSPS) is 17.4. The van der Waals surface area contributed by atoms with Crippen molar-refractivity contribution in [1.82, 2.24) is 15.5 Å². The lowest BCUT2D eigenvalue weighted by atomic mass is 10.0. The molecular weight excluding hydrogens is 719 g/mol. The number of hydrogen-bond donors (Lipinski definition) is 5. The third-order valence-electron chi connectivity index (χ3n) is 7.19. The van der Waals surface area contributed by atoms with E-state index < -0.39 is 52.9 Å². The number of thioether (sulfide) groups is 3. The molecule has 2 aromatic rings. The number of anilines is 1. The number of amides is 4. The fourth-order valence-electron chi connectivity index (χ4n) is 4.79. The first-order chi connectivity index (χ1) is 24.2. The maximum atomic E-state index is 13.5. The van der Waals surface area contributed by atoms with Crippen molar-refractivity contribution >= 4 is 76.7 Å². The highest BCUT2D eigenvalue weighted by Gasteiger charge is 2.54. The standard InChI is InChI=1S/C34H41N5O9S3/c1-34(2,3)48-33(46)36-13-25(40)38-27-29(42)39-28(32(45)47-14-20-7-5-4-6-8-20)22(17-51-30(27)39)16-49-15-21-9-11-23(12-10-21)37-26(41)19-50-18-24(35)31(43)44/h4-12,24,27,30H,13-19,35H2,1-3H3,(H,36,46)(H,37,41)(H,38,40)(H,43,44). The van der Waals surface area contributed by atoms with Crippen LogP contribution in [-0.2, 0) is 45.8 Å². The van der Waals surface area contributed by atoms with Crippen LogP contribution in [0.5, 0.6) is 0 Å². The molecule has 14 nitrogen and oxygen atoms in total. The molecule has 17 heteroatoms. The number of nitrogens with one attached hydrogen (secondary N) is 3. The number of benzene rings is 2. The first-order valence-electron chi connectivity index (χ1n) is 15.9. The van der Waals surface area contributed by atoms with Gasteiger partial charge in [-0.1, -0.05) is 42.5 Å². The van der Waals surface area contributed by atoms with Crippen molar-refractivity contribution in [3.63, 3.8) is 0 Å². The minimum Gasteiger partial charge on any atom is -0.480 e. The van der Waals surface area contributed by atoms with Crippen molar-refractivity contribution in [1.29, 1.82) is 0 Å². The maximum Gasteiger partial charge on any atom is 0.408 e. The van der Waals surface area contributed by atoms with Gasteiger partial charge in [0, 0.05) is 28.7 Å². The molecule has 0 radical (unpaired) electrons. The molecule has 6 N–H and O–H groups in total. The number of hydrogen-bond acceptors (Lipinski definition) is 12. The van der Waals surface area contributed by atoms with E-state index in [1.807, 2.05) is 42.5 Å². The molecule has 4 amide bonds. The van der Waals surface area contributed by atoms with Crippen LogP contribution in [0, 0.1) is 0 Å². The van der Waals surface area contributed by atoms with E-state index in [9.17, 15) is 28.8 Å². The Labute approximate surface area is 308 Å². The third kappa shape index (κ3) is 11.9. The summed E-state index contributed by atoms with van der Waals surface area (Å²) in [5.74, 6) is -1.40. The second-order valence-corrected chi connectivity index (χ2v) is 15.6. The van der Waals surface area contributed by atoms with E-state index >= 15 is 0 Å². The quantitative estimate of drug-likeness (QED) is 0.124. The van der Waals surface area contributed by atoms with E-state index in [1.165, 1.54) is 16.7 Å². The number of rotatable bonds is 16. The van der Waals surface area contributed by atoms with E-state index in [2.05, 4.69) is 16.0 Å². The lowest BCUT2D eigenvalue weighted by Crippen LogP contribution is -2.71. The number of carbonyl (C=O) groups is 6. The summed E-state index contributed by atoms with van der Waals surface area (Å²) in [5.41, 5.74) is 7.99. The number of β-lactam (4-membered cyclic amide) rings is 1. The Bertz CT molecular complexity index is 1630. The van der Waals surface area contributed by atoms with Gasteiger partial charge >= 0.3 is 18.0 Å². The third-order valence-corrected chi connectivity index (χ3v) is 10.7. The van der Waals surface area contributed by atoms with Crippen molar-refractivity contribution in [2.75, 3.05) is 34.9 Å². The summed E-state index contributed by atoms with van der Waals surface area (Å²) in [6.45, 7) is 4.75. The van der Waals surface area contributed by atoms with E-state index in [0.717, 1.165) is 28.5 Å². The van der Waals surface area contributed by atoms with Gasteiger partial charge in [0.25, 0.3) is 5.91 Å². The molecular formula is C34H41N5O9S3. The number of nitrogens with zero attached hydrogens (tertiary/aromatic N) is 1. The molecule has 0 aromatic heterocycles. The number of esters is 1. The van der Waals surface area contributed by atoms with Crippen LogP contribution in [0.3, 0.4) is 0 Å². The molecule has 2 heterocycles. The molecule has 3 unspecified atom stereocenters. The Morgan fingerprint density at radius 3 is 2.37 bits per heavy atom. The average Bonchev–Trinajstić information content (AvgIpc) is 3.08. The van der Waals surface area contributed by atoms with Crippen molar-refractivity contribution in [2.45, 2.75) is 56.2 Å². The Morgan fingerprint density at radius 2 is 1.71 bits per heavy atom. The highest BCUT2D eigenvalue weighted by molar-refractivity contribution is 8.00. The molecule has 51 heavy (non-hydrogen) atoms. The lowest BCUT2D eigenvalue weighted by Gasteiger charge is -2.49. The van der Waals surface area contributed by atoms with Gasteiger partial charge < -0.3 is 36.3 Å². The fourth-order valence-corrected chi connectivity index (χ4v) is 8.05. The number of fused-ring (bicyclic) bond motifs is 1. The lowest BCUT2D eigenvalue weighted by molar-refractivity contribution is -0.153. The fraction of sp³-hybridized carbons (Fsp3) is 0.412. The minimum absolute atomic E-state index is 0.0252. The Morgan fingerprint density at radius 1 is 1.00 bits per heavy atom. The Hall–Kier alpha value is -4.19. The van der Waals surface area contributed by atoms with Gasteiger partial charge in [-0.2, -0.15) is 11.8 Å². The number of ether oxygens (including phenoxy) is 2. The molecule has 0 aliphatic carbocycles. The van der Waals surface area contributed by atoms with Crippen molar-refractivity contribution in [3.8, 4) is 0 Å². The van der Waals surface area contributed by atoms with E-state index in [0.29, 0.717) is 22.9 Å². The van der Waals surface area contributed by atoms with Crippen LogP contribution in [-0.4, -0.2) is 98.4 Å². The predicted octanol–water partition coefficient (Wildman–Crippen LogP) is 2.93. The highest BCUT2D eigenvalue weighted by Crippen LogP contribution is 2.41. The molecule has 1 fully saturated rings. The largest absolute Gasteiger partial charge is 0.480 e. The molecule has 1 saturated heterocycles. The van der Waals surface area contributed by atoms with Gasteiger partial charge in [0.15, 0.2) is 0 Å². The van der Waals surface area contributed by atoms with Crippen LogP contribution in [0.4, 0.5) is 10.5 Å². The van der Waals surface area contributed by atoms with E-state index in [-0.39, 0.29) is 36.3 Å². The Balaban J connectivity index is 1.35. The van der Waals surface area contributed by atoms with Gasteiger partial charge in [0.2, 0.25) is 11.8 Å². The van der Waals surface area contributed by atoms with Crippen molar-refractivity contribution in [3.05, 3.63) is 77.0 Å². The maximum absolute atomic E-state index is 13.5. The number of carbonyl (C=O) groups excluding carboxylic acids is 5. The molecule has 2 aliphatic heterocycles. The molecule has 3 atom stereocenters. The van der Waals surface area contributed by atoms with Gasteiger partial charge in [-0.15, -0.1) is 23.5 Å². The summed E-state index contributed by atoms with van der Waals surface area (Å²) in [6, 6.07) is 14.6. The minimum atomic E-state index is -1.12. The van der Waals surface area contributed by atoms with Crippen LogP contribution >= 0.6 is 35.3 Å². The molecule has 0 saturated carbocycles. The van der Waals surface area contributed by atoms with Crippen LogP contribution in [0.2, 0.25) is 0 Å². The first-order valence-corrected chi connectivity index (χ1v) is 19.2. The SMILES string of the molecule is CC(C)(C)OC(=O)NCC(=O)NC1C(=O)N2C(C(=O)OCc3ccccc3)=C(CSCc3ccc(NC(=O)CSCC(N)C(=O)O)cc3)CSC12. The number of nitrogens with two attached hydrogens (primary N) is 1. The summed E-state index contributed by atoms with van der Waals surface area (Å²) in [6.07, 6.45) is -0.755. The summed E-state index contributed by atoms with van der Waals surface area (Å²) in [7, 11) is 0. The second-order valence-electron chi connectivity index (χ2n) is 12.5. The molecule has 0 spiro atoms. The van der Waals surface area contributed by atoms with Gasteiger partial charge in [-0.3, -0.25) is 24.1 Å². The van der Waals surface area contributed by atoms with Crippen molar-refractivity contribution < 1.29 is 43.3 Å².